The third-order valence-corrected chi connectivity index (χ3v) is 4.12. The second kappa shape index (κ2) is 7.02. The summed E-state index contributed by atoms with van der Waals surface area (Å²) in [7, 11) is 1.58. The van der Waals surface area contributed by atoms with Crippen LogP contribution in [-0.2, 0) is 0 Å². The highest BCUT2D eigenvalue weighted by molar-refractivity contribution is 7.99. The quantitative estimate of drug-likeness (QED) is 0.822. The fourth-order valence-electron chi connectivity index (χ4n) is 2.01. The van der Waals surface area contributed by atoms with Crippen molar-refractivity contribution in [1.29, 1.82) is 0 Å². The van der Waals surface area contributed by atoms with E-state index in [0.29, 0.717) is 16.3 Å². The van der Waals surface area contributed by atoms with Crippen molar-refractivity contribution in [3.63, 3.8) is 0 Å². The normalized spacial score (nSPS) is 12.2. The van der Waals surface area contributed by atoms with Crippen LogP contribution in [0.5, 0.6) is 5.75 Å². The van der Waals surface area contributed by atoms with Gasteiger partial charge in [-0.1, -0.05) is 30.7 Å². The average Bonchev–Trinajstić information content (AvgIpc) is 2.47. The standard InChI is InChI=1S/C16H17ClO2S/c1-3-20-13-7-4-11(5-8-13)16(18)14-10-12(17)6-9-15(14)19-2/h4-10,16,18H,3H2,1-2H3. The first-order valence-electron chi connectivity index (χ1n) is 6.40. The third-order valence-electron chi connectivity index (χ3n) is 2.99. The lowest BCUT2D eigenvalue weighted by Gasteiger charge is -2.16. The van der Waals surface area contributed by atoms with E-state index in [2.05, 4.69) is 6.92 Å². The van der Waals surface area contributed by atoms with Gasteiger partial charge in [-0.05, 0) is 41.6 Å². The Morgan fingerprint density at radius 3 is 2.50 bits per heavy atom. The minimum atomic E-state index is -0.746. The molecule has 0 saturated heterocycles. The number of thioether (sulfide) groups is 1. The van der Waals surface area contributed by atoms with Gasteiger partial charge in [0.05, 0.1) is 7.11 Å². The van der Waals surface area contributed by atoms with Gasteiger partial charge >= 0.3 is 0 Å². The Labute approximate surface area is 128 Å². The van der Waals surface area contributed by atoms with Gasteiger partial charge in [0.25, 0.3) is 0 Å². The van der Waals surface area contributed by atoms with Crippen molar-refractivity contribution in [2.45, 2.75) is 17.9 Å². The molecule has 0 bridgehead atoms. The molecule has 0 aromatic heterocycles. The Kier molecular flexibility index (Phi) is 5.35. The summed E-state index contributed by atoms with van der Waals surface area (Å²) < 4.78 is 5.28. The third kappa shape index (κ3) is 3.48. The molecule has 0 heterocycles. The van der Waals surface area contributed by atoms with Gasteiger partial charge in [-0.25, -0.2) is 0 Å². The van der Waals surface area contributed by atoms with E-state index in [1.54, 1.807) is 37.1 Å². The molecule has 2 nitrogen and oxygen atoms in total. The molecule has 0 saturated carbocycles. The molecule has 2 aromatic carbocycles. The van der Waals surface area contributed by atoms with Crippen LogP contribution in [0.3, 0.4) is 0 Å². The molecule has 0 radical (unpaired) electrons. The van der Waals surface area contributed by atoms with Gasteiger partial charge in [0, 0.05) is 15.5 Å². The van der Waals surface area contributed by atoms with Crippen molar-refractivity contribution >= 4 is 23.4 Å². The zero-order chi connectivity index (χ0) is 14.5. The molecular formula is C16H17ClO2S. The lowest BCUT2D eigenvalue weighted by Crippen LogP contribution is -2.02. The van der Waals surface area contributed by atoms with Gasteiger partial charge in [0.1, 0.15) is 11.9 Å². The van der Waals surface area contributed by atoms with Crippen LogP contribution < -0.4 is 4.74 Å². The van der Waals surface area contributed by atoms with E-state index in [1.165, 1.54) is 4.90 Å². The lowest BCUT2D eigenvalue weighted by atomic mass is 10.0. The van der Waals surface area contributed by atoms with Gasteiger partial charge in [-0.3, -0.25) is 0 Å². The van der Waals surface area contributed by atoms with Crippen molar-refractivity contribution in [2.75, 3.05) is 12.9 Å². The molecule has 0 fully saturated rings. The summed E-state index contributed by atoms with van der Waals surface area (Å²) >= 11 is 7.78. The number of rotatable bonds is 5. The zero-order valence-corrected chi connectivity index (χ0v) is 13.0. The molecule has 0 aliphatic heterocycles. The maximum absolute atomic E-state index is 10.5. The van der Waals surface area contributed by atoms with Gasteiger partial charge in [0.15, 0.2) is 0 Å². The van der Waals surface area contributed by atoms with E-state index in [1.807, 2.05) is 24.3 Å². The topological polar surface area (TPSA) is 29.5 Å². The SMILES string of the molecule is CCSc1ccc(C(O)c2cc(Cl)ccc2OC)cc1. The smallest absolute Gasteiger partial charge is 0.125 e. The number of benzene rings is 2. The summed E-state index contributed by atoms with van der Waals surface area (Å²) in [5, 5.41) is 11.1. The molecule has 1 unspecified atom stereocenters. The van der Waals surface area contributed by atoms with Crippen molar-refractivity contribution < 1.29 is 9.84 Å². The molecule has 2 rings (SSSR count). The molecule has 2 aromatic rings. The fourth-order valence-corrected chi connectivity index (χ4v) is 2.85. The van der Waals surface area contributed by atoms with Crippen LogP contribution >= 0.6 is 23.4 Å². The molecule has 1 atom stereocenters. The Balaban J connectivity index is 2.30. The predicted molar refractivity (Wildman–Crippen MR) is 84.9 cm³/mol. The van der Waals surface area contributed by atoms with Crippen LogP contribution in [0.25, 0.3) is 0 Å². The first-order valence-corrected chi connectivity index (χ1v) is 7.76. The number of hydrogen-bond acceptors (Lipinski definition) is 3. The highest BCUT2D eigenvalue weighted by atomic mass is 35.5. The summed E-state index contributed by atoms with van der Waals surface area (Å²) in [5.74, 6) is 1.67. The van der Waals surface area contributed by atoms with E-state index in [4.69, 9.17) is 16.3 Å². The summed E-state index contributed by atoms with van der Waals surface area (Å²) in [6.45, 7) is 2.12. The summed E-state index contributed by atoms with van der Waals surface area (Å²) in [6.07, 6.45) is -0.746. The average molecular weight is 309 g/mol. The maximum atomic E-state index is 10.5. The number of halogens is 1. The predicted octanol–water partition coefficient (Wildman–Crippen LogP) is 4.54. The zero-order valence-electron chi connectivity index (χ0n) is 11.5. The van der Waals surface area contributed by atoms with Crippen LogP contribution in [-0.4, -0.2) is 18.0 Å². The summed E-state index contributed by atoms with van der Waals surface area (Å²) in [5.41, 5.74) is 1.50. The van der Waals surface area contributed by atoms with Gasteiger partial charge < -0.3 is 9.84 Å². The number of aliphatic hydroxyl groups is 1. The van der Waals surface area contributed by atoms with Crippen molar-refractivity contribution in [2.24, 2.45) is 0 Å². The molecular weight excluding hydrogens is 292 g/mol. The largest absolute Gasteiger partial charge is 0.496 e. The van der Waals surface area contributed by atoms with Gasteiger partial charge in [-0.15, -0.1) is 11.8 Å². The van der Waals surface area contributed by atoms with Crippen LogP contribution in [0.2, 0.25) is 5.02 Å². The highest BCUT2D eigenvalue weighted by Gasteiger charge is 2.16. The minimum absolute atomic E-state index is 0.581. The Hall–Kier alpha value is -1.16. The maximum Gasteiger partial charge on any atom is 0.125 e. The second-order valence-electron chi connectivity index (χ2n) is 4.29. The van der Waals surface area contributed by atoms with E-state index in [0.717, 1.165) is 11.3 Å². The number of aliphatic hydroxyl groups excluding tert-OH is 1. The Morgan fingerprint density at radius 1 is 1.20 bits per heavy atom. The second-order valence-corrected chi connectivity index (χ2v) is 6.06. The van der Waals surface area contributed by atoms with E-state index >= 15 is 0 Å². The van der Waals surface area contributed by atoms with Gasteiger partial charge in [-0.2, -0.15) is 0 Å². The molecule has 106 valence electrons. The van der Waals surface area contributed by atoms with Gasteiger partial charge in [0.2, 0.25) is 0 Å². The van der Waals surface area contributed by atoms with Crippen LogP contribution in [0.15, 0.2) is 47.4 Å². The molecule has 0 spiro atoms. The monoisotopic (exact) mass is 308 g/mol. The molecule has 0 aliphatic carbocycles. The van der Waals surface area contributed by atoms with Crippen molar-refractivity contribution in [3.8, 4) is 5.75 Å². The first-order chi connectivity index (χ1) is 9.65. The number of methoxy groups -OCH3 is 1. The van der Waals surface area contributed by atoms with E-state index in [-0.39, 0.29) is 0 Å². The Bertz CT molecular complexity index is 569. The van der Waals surface area contributed by atoms with Crippen molar-refractivity contribution in [1.82, 2.24) is 0 Å². The Morgan fingerprint density at radius 2 is 1.90 bits per heavy atom. The van der Waals surface area contributed by atoms with E-state index < -0.39 is 6.10 Å². The summed E-state index contributed by atoms with van der Waals surface area (Å²) in [4.78, 5) is 1.20. The fraction of sp³-hybridized carbons (Fsp3) is 0.250. The molecule has 0 amide bonds. The molecule has 20 heavy (non-hydrogen) atoms. The van der Waals surface area contributed by atoms with E-state index in [9.17, 15) is 5.11 Å². The highest BCUT2D eigenvalue weighted by Crippen LogP contribution is 2.32. The molecule has 4 heteroatoms. The molecule has 0 aliphatic rings. The van der Waals surface area contributed by atoms with Crippen LogP contribution in [0.4, 0.5) is 0 Å². The van der Waals surface area contributed by atoms with Crippen LogP contribution in [0.1, 0.15) is 24.2 Å². The number of ether oxygens (including phenoxy) is 1. The lowest BCUT2D eigenvalue weighted by molar-refractivity contribution is 0.214. The minimum Gasteiger partial charge on any atom is -0.496 e. The summed E-state index contributed by atoms with van der Waals surface area (Å²) in [6, 6.07) is 13.2. The first kappa shape index (κ1) is 15.2. The number of hydrogen-bond donors (Lipinski definition) is 1. The van der Waals surface area contributed by atoms with Crippen molar-refractivity contribution in [3.05, 3.63) is 58.6 Å². The van der Waals surface area contributed by atoms with Crippen LogP contribution in [0, 0.1) is 0 Å². The molecule has 1 N–H and O–H groups in total.